The number of thioether (sulfide) groups is 1. The molecule has 1 fully saturated rings. The number of imide groups is 1. The Balaban J connectivity index is 1.40. The van der Waals surface area contributed by atoms with Crippen LogP contribution >= 0.6 is 23.4 Å². The van der Waals surface area contributed by atoms with E-state index in [9.17, 15) is 9.59 Å². The first-order valence-electron chi connectivity index (χ1n) is 10.4. The molecule has 4 rings (SSSR count). The first-order valence-corrected chi connectivity index (χ1v) is 11.6. The number of amides is 2. The van der Waals surface area contributed by atoms with Gasteiger partial charge in [-0.25, -0.2) is 0 Å². The Hall–Kier alpha value is -3.22. The summed E-state index contributed by atoms with van der Waals surface area (Å²) in [6, 6.07) is 22.3. The van der Waals surface area contributed by atoms with Crippen LogP contribution in [0.5, 0.6) is 11.5 Å². The molecule has 0 aliphatic carbocycles. The maximum absolute atomic E-state index is 12.9. The normalized spacial score (nSPS) is 14.7. The Labute approximate surface area is 202 Å². The van der Waals surface area contributed by atoms with E-state index in [0.29, 0.717) is 28.9 Å². The molecular formula is C26H22ClNO4S. The Kier molecular flexibility index (Phi) is 7.37. The van der Waals surface area contributed by atoms with E-state index in [1.807, 2.05) is 55.5 Å². The van der Waals surface area contributed by atoms with Gasteiger partial charge in [-0.3, -0.25) is 14.5 Å². The quantitative estimate of drug-likeness (QED) is 0.278. The highest BCUT2D eigenvalue weighted by Crippen LogP contribution is 2.35. The van der Waals surface area contributed by atoms with Crippen molar-refractivity contribution in [3.63, 3.8) is 0 Å². The summed E-state index contributed by atoms with van der Waals surface area (Å²) in [6.07, 6.45) is 1.70. The van der Waals surface area contributed by atoms with E-state index in [0.717, 1.165) is 28.6 Å². The van der Waals surface area contributed by atoms with Crippen molar-refractivity contribution in [3.05, 3.63) is 99.4 Å². The number of nitrogens with zero attached hydrogens (tertiary/aromatic N) is 1. The molecule has 0 saturated carbocycles. The van der Waals surface area contributed by atoms with Crippen molar-refractivity contribution in [2.24, 2.45) is 0 Å². The molecule has 7 heteroatoms. The Bertz CT molecular complexity index is 1180. The number of para-hydroxylation sites is 1. The lowest BCUT2D eigenvalue weighted by Gasteiger charge is -2.12. The predicted octanol–water partition coefficient (Wildman–Crippen LogP) is 6.34. The first-order chi connectivity index (χ1) is 16.0. The van der Waals surface area contributed by atoms with Gasteiger partial charge in [0.05, 0.1) is 11.4 Å². The second kappa shape index (κ2) is 10.6. The molecule has 0 unspecified atom stereocenters. The molecule has 1 saturated heterocycles. The largest absolute Gasteiger partial charge is 0.490 e. The smallest absolute Gasteiger partial charge is 0.293 e. The maximum Gasteiger partial charge on any atom is 0.293 e. The van der Waals surface area contributed by atoms with Crippen molar-refractivity contribution in [2.45, 2.75) is 13.5 Å². The van der Waals surface area contributed by atoms with Gasteiger partial charge in [0.1, 0.15) is 24.7 Å². The molecule has 1 heterocycles. The molecule has 0 N–H and O–H groups in total. The van der Waals surface area contributed by atoms with Crippen molar-refractivity contribution < 1.29 is 19.1 Å². The van der Waals surface area contributed by atoms with Crippen LogP contribution in [-0.4, -0.2) is 29.3 Å². The summed E-state index contributed by atoms with van der Waals surface area (Å²) in [4.78, 5) is 26.9. The highest BCUT2D eigenvalue weighted by molar-refractivity contribution is 8.18. The monoisotopic (exact) mass is 479 g/mol. The highest BCUT2D eigenvalue weighted by Gasteiger charge is 2.35. The second-order valence-corrected chi connectivity index (χ2v) is 8.87. The SMILES string of the molecule is Cc1ccc(OCCOc2ccccc2/C=C2\SC(=O)N(Cc3ccc(Cl)cc3)C2=O)cc1. The fourth-order valence-corrected chi connectivity index (χ4v) is 4.18. The molecular weight excluding hydrogens is 458 g/mol. The van der Waals surface area contributed by atoms with Crippen molar-refractivity contribution in [1.82, 2.24) is 4.90 Å². The minimum Gasteiger partial charge on any atom is -0.490 e. The summed E-state index contributed by atoms with van der Waals surface area (Å²) < 4.78 is 11.6. The molecule has 1 aliphatic rings. The molecule has 0 radical (unpaired) electrons. The third kappa shape index (κ3) is 5.97. The molecule has 1 aliphatic heterocycles. The van der Waals surface area contributed by atoms with Gasteiger partial charge in [-0.05, 0) is 60.7 Å². The average Bonchev–Trinajstić information content (AvgIpc) is 3.07. The Morgan fingerprint density at radius 2 is 1.61 bits per heavy atom. The molecule has 5 nitrogen and oxygen atoms in total. The average molecular weight is 480 g/mol. The summed E-state index contributed by atoms with van der Waals surface area (Å²) >= 11 is 6.84. The van der Waals surface area contributed by atoms with Gasteiger partial charge in [-0.2, -0.15) is 0 Å². The van der Waals surface area contributed by atoms with Crippen molar-refractivity contribution in [3.8, 4) is 11.5 Å². The maximum atomic E-state index is 12.9. The van der Waals surface area contributed by atoms with Crippen LogP contribution in [0.25, 0.3) is 6.08 Å². The number of aryl methyl sites for hydroxylation is 1. The van der Waals surface area contributed by atoms with Crippen LogP contribution in [0.3, 0.4) is 0 Å². The molecule has 3 aromatic carbocycles. The fraction of sp³-hybridized carbons (Fsp3) is 0.154. The van der Waals surface area contributed by atoms with Crippen molar-refractivity contribution in [2.75, 3.05) is 13.2 Å². The van der Waals surface area contributed by atoms with Gasteiger partial charge >= 0.3 is 0 Å². The van der Waals surface area contributed by atoms with E-state index in [1.54, 1.807) is 30.3 Å². The van der Waals surface area contributed by atoms with Crippen LogP contribution in [0, 0.1) is 6.92 Å². The van der Waals surface area contributed by atoms with E-state index in [1.165, 1.54) is 10.5 Å². The zero-order chi connectivity index (χ0) is 23.2. The number of hydrogen-bond acceptors (Lipinski definition) is 5. The molecule has 168 valence electrons. The number of rotatable bonds is 8. The minimum absolute atomic E-state index is 0.202. The van der Waals surface area contributed by atoms with Crippen LogP contribution in [0.15, 0.2) is 77.7 Å². The number of ether oxygens (including phenoxy) is 2. The fourth-order valence-electron chi connectivity index (χ4n) is 3.23. The number of benzene rings is 3. The van der Waals surface area contributed by atoms with Gasteiger partial charge in [0.25, 0.3) is 11.1 Å². The van der Waals surface area contributed by atoms with E-state index in [-0.39, 0.29) is 17.7 Å². The van der Waals surface area contributed by atoms with Crippen LogP contribution in [-0.2, 0) is 11.3 Å². The van der Waals surface area contributed by atoms with Crippen LogP contribution in [0.2, 0.25) is 5.02 Å². The van der Waals surface area contributed by atoms with Gasteiger partial charge in [0.15, 0.2) is 0 Å². The zero-order valence-electron chi connectivity index (χ0n) is 18.0. The third-order valence-electron chi connectivity index (χ3n) is 4.96. The number of hydrogen-bond donors (Lipinski definition) is 0. The first kappa shape index (κ1) is 23.0. The molecule has 0 bridgehead atoms. The van der Waals surface area contributed by atoms with Crippen LogP contribution < -0.4 is 9.47 Å². The van der Waals surface area contributed by atoms with Crippen molar-refractivity contribution in [1.29, 1.82) is 0 Å². The Morgan fingerprint density at radius 3 is 2.36 bits per heavy atom. The van der Waals surface area contributed by atoms with Gasteiger partial charge in [0, 0.05) is 10.6 Å². The lowest BCUT2D eigenvalue weighted by molar-refractivity contribution is -0.123. The molecule has 3 aromatic rings. The van der Waals surface area contributed by atoms with E-state index < -0.39 is 0 Å². The summed E-state index contributed by atoms with van der Waals surface area (Å²) in [5, 5.41) is 0.305. The standard InChI is InChI=1S/C26H22ClNO4S/c1-18-6-12-22(13-7-18)31-14-15-32-23-5-3-2-4-20(23)16-24-25(29)28(26(30)33-24)17-19-8-10-21(27)11-9-19/h2-13,16H,14-15,17H2,1H3/b24-16-. The molecule has 0 atom stereocenters. The third-order valence-corrected chi connectivity index (χ3v) is 6.12. The number of halogens is 1. The number of carbonyl (C=O) groups is 2. The van der Waals surface area contributed by atoms with Gasteiger partial charge in [-0.1, -0.05) is 59.6 Å². The summed E-state index contributed by atoms with van der Waals surface area (Å²) in [7, 11) is 0. The lowest BCUT2D eigenvalue weighted by Crippen LogP contribution is -2.27. The summed E-state index contributed by atoms with van der Waals surface area (Å²) in [6.45, 7) is 2.95. The molecule has 0 spiro atoms. The summed E-state index contributed by atoms with van der Waals surface area (Å²) in [5.74, 6) is 1.08. The van der Waals surface area contributed by atoms with E-state index in [4.69, 9.17) is 21.1 Å². The zero-order valence-corrected chi connectivity index (χ0v) is 19.6. The minimum atomic E-state index is -0.322. The predicted molar refractivity (Wildman–Crippen MR) is 132 cm³/mol. The van der Waals surface area contributed by atoms with Gasteiger partial charge in [0.2, 0.25) is 0 Å². The van der Waals surface area contributed by atoms with Crippen molar-refractivity contribution >= 4 is 40.6 Å². The molecule has 0 aromatic heterocycles. The molecule has 33 heavy (non-hydrogen) atoms. The topological polar surface area (TPSA) is 55.8 Å². The summed E-state index contributed by atoms with van der Waals surface area (Å²) in [5.41, 5.74) is 2.73. The molecule has 2 amide bonds. The highest BCUT2D eigenvalue weighted by atomic mass is 35.5. The number of carbonyl (C=O) groups excluding carboxylic acids is 2. The van der Waals surface area contributed by atoms with Gasteiger partial charge in [-0.15, -0.1) is 0 Å². The second-order valence-electron chi connectivity index (χ2n) is 7.44. The van der Waals surface area contributed by atoms with E-state index in [2.05, 4.69) is 0 Å². The Morgan fingerprint density at radius 1 is 0.909 bits per heavy atom. The van der Waals surface area contributed by atoms with Gasteiger partial charge < -0.3 is 9.47 Å². The van der Waals surface area contributed by atoms with E-state index >= 15 is 0 Å². The van der Waals surface area contributed by atoms with Crippen LogP contribution in [0.4, 0.5) is 4.79 Å². The van der Waals surface area contributed by atoms with Crippen LogP contribution in [0.1, 0.15) is 16.7 Å². The lowest BCUT2D eigenvalue weighted by atomic mass is 10.1.